The van der Waals surface area contributed by atoms with Gasteiger partial charge in [-0.1, -0.05) is 6.92 Å². The normalized spacial score (nSPS) is 19.2. The smallest absolute Gasteiger partial charge is 0.171 e. The molecule has 1 atom stereocenters. The predicted molar refractivity (Wildman–Crippen MR) is 132 cm³/mol. The predicted octanol–water partition coefficient (Wildman–Crippen LogP) is 5.44. The summed E-state index contributed by atoms with van der Waals surface area (Å²) in [4.78, 5) is 7.22. The van der Waals surface area contributed by atoms with Crippen LogP contribution in [0.25, 0.3) is 21.8 Å². The van der Waals surface area contributed by atoms with Crippen molar-refractivity contribution in [3.63, 3.8) is 0 Å². The zero-order chi connectivity index (χ0) is 23.1. The number of ether oxygens (including phenoxy) is 2. The van der Waals surface area contributed by atoms with E-state index in [1.807, 2.05) is 18.2 Å². The van der Waals surface area contributed by atoms with Crippen LogP contribution in [0.5, 0.6) is 11.5 Å². The second kappa shape index (κ2) is 8.91. The van der Waals surface area contributed by atoms with Crippen LogP contribution >= 0.6 is 0 Å². The van der Waals surface area contributed by atoms with Gasteiger partial charge < -0.3 is 14.0 Å². The molecule has 6 rings (SSSR count). The van der Waals surface area contributed by atoms with Crippen LogP contribution in [-0.2, 0) is 13.0 Å². The Morgan fingerprint density at radius 3 is 2.76 bits per heavy atom. The Hall–Kier alpha value is -3.12. The Morgan fingerprint density at radius 2 is 1.91 bits per heavy atom. The number of aromatic nitrogens is 2. The molecule has 34 heavy (non-hydrogen) atoms. The number of hydrogen-bond donors (Lipinski definition) is 0. The number of fused-ring (bicyclic) bond motifs is 4. The lowest BCUT2D eigenvalue weighted by Crippen LogP contribution is -2.44. The largest absolute Gasteiger partial charge is 0.486 e. The van der Waals surface area contributed by atoms with Gasteiger partial charge in [0.05, 0.1) is 11.0 Å². The highest BCUT2D eigenvalue weighted by molar-refractivity contribution is 5.88. The molecule has 2 aromatic carbocycles. The van der Waals surface area contributed by atoms with Crippen molar-refractivity contribution >= 4 is 21.8 Å². The van der Waals surface area contributed by atoms with Gasteiger partial charge in [-0.05, 0) is 92.2 Å². The second-order valence-electron chi connectivity index (χ2n) is 9.58. The second-order valence-corrected chi connectivity index (χ2v) is 9.58. The molecule has 2 aliphatic rings. The van der Waals surface area contributed by atoms with Crippen LogP contribution in [0.15, 0.2) is 54.7 Å². The molecule has 176 valence electrons. The van der Waals surface area contributed by atoms with Crippen LogP contribution in [0.1, 0.15) is 25.5 Å². The van der Waals surface area contributed by atoms with Crippen molar-refractivity contribution < 1.29 is 13.9 Å². The Morgan fingerprint density at radius 1 is 1.03 bits per heavy atom. The van der Waals surface area contributed by atoms with Crippen LogP contribution in [0.4, 0.5) is 4.39 Å². The average molecular weight is 460 g/mol. The minimum absolute atomic E-state index is 0.0110. The standard InChI is InChI=1S/C28H30FN3O2/c1-2-22-5-6-24-25(30-22)7-8-27-28(24)34-23(18-33-27)17-31-12-9-19(10-13-31)16-32-14-11-20-3-4-21(29)15-26(20)32/h3-8,11,14-15,19,23H,2,9-10,12-13,16-18H2,1H3. The first-order valence-electron chi connectivity index (χ1n) is 12.3. The van der Waals surface area contributed by atoms with E-state index >= 15 is 0 Å². The molecule has 2 aromatic heterocycles. The molecule has 0 aliphatic carbocycles. The maximum absolute atomic E-state index is 13.7. The number of pyridine rings is 1. The summed E-state index contributed by atoms with van der Waals surface area (Å²) in [6.07, 6.45) is 5.28. The molecule has 0 spiro atoms. The average Bonchev–Trinajstić information content (AvgIpc) is 3.26. The lowest BCUT2D eigenvalue weighted by atomic mass is 9.96. The maximum atomic E-state index is 13.7. The molecule has 1 unspecified atom stereocenters. The number of aryl methyl sites for hydroxylation is 1. The van der Waals surface area contributed by atoms with Crippen molar-refractivity contribution in [2.24, 2.45) is 5.92 Å². The van der Waals surface area contributed by atoms with Crippen molar-refractivity contribution in [3.8, 4) is 11.5 Å². The summed E-state index contributed by atoms with van der Waals surface area (Å²) in [6.45, 7) is 6.58. The molecule has 5 nitrogen and oxygen atoms in total. The fourth-order valence-electron chi connectivity index (χ4n) is 5.34. The van der Waals surface area contributed by atoms with Crippen molar-refractivity contribution in [1.82, 2.24) is 14.5 Å². The van der Waals surface area contributed by atoms with Crippen LogP contribution in [0.3, 0.4) is 0 Å². The first kappa shape index (κ1) is 21.4. The van der Waals surface area contributed by atoms with Gasteiger partial charge in [0.25, 0.3) is 0 Å². The number of benzene rings is 2. The Kier molecular flexibility index (Phi) is 5.61. The molecule has 0 radical (unpaired) electrons. The molecule has 6 heteroatoms. The lowest BCUT2D eigenvalue weighted by molar-refractivity contribution is 0.0481. The van der Waals surface area contributed by atoms with Crippen LogP contribution < -0.4 is 9.47 Å². The third kappa shape index (κ3) is 4.11. The highest BCUT2D eigenvalue weighted by Crippen LogP contribution is 2.38. The molecule has 4 heterocycles. The number of hydrogen-bond acceptors (Lipinski definition) is 4. The van der Waals surface area contributed by atoms with Gasteiger partial charge in [0.15, 0.2) is 11.5 Å². The maximum Gasteiger partial charge on any atom is 0.171 e. The molecule has 0 bridgehead atoms. The molecule has 1 fully saturated rings. The summed E-state index contributed by atoms with van der Waals surface area (Å²) < 4.78 is 28.4. The van der Waals surface area contributed by atoms with Crippen molar-refractivity contribution in [1.29, 1.82) is 0 Å². The van der Waals surface area contributed by atoms with E-state index in [2.05, 4.69) is 40.8 Å². The molecule has 0 saturated carbocycles. The van der Waals surface area contributed by atoms with E-state index in [1.54, 1.807) is 6.07 Å². The van der Waals surface area contributed by atoms with Crippen LogP contribution in [0, 0.1) is 11.7 Å². The van der Waals surface area contributed by atoms with Gasteiger partial charge in [-0.3, -0.25) is 9.88 Å². The van der Waals surface area contributed by atoms with E-state index in [0.29, 0.717) is 12.5 Å². The third-order valence-electron chi connectivity index (χ3n) is 7.27. The van der Waals surface area contributed by atoms with Gasteiger partial charge in [-0.15, -0.1) is 0 Å². The molecule has 4 aromatic rings. The Bertz CT molecular complexity index is 1330. The number of piperidine rings is 1. The Labute approximate surface area is 199 Å². The molecule has 0 amide bonds. The quantitative estimate of drug-likeness (QED) is 0.398. The SMILES string of the molecule is CCc1ccc2c3c(ccc2n1)OCC(CN1CCC(Cn2ccc4ccc(F)cc42)CC1)O3. The fraction of sp³-hybridized carbons (Fsp3) is 0.393. The van der Waals surface area contributed by atoms with Crippen LogP contribution in [0.2, 0.25) is 0 Å². The summed E-state index contributed by atoms with van der Waals surface area (Å²) >= 11 is 0. The summed E-state index contributed by atoms with van der Waals surface area (Å²) in [6, 6.07) is 15.3. The van der Waals surface area contributed by atoms with E-state index in [4.69, 9.17) is 14.5 Å². The van der Waals surface area contributed by atoms with Gasteiger partial charge in [0, 0.05) is 30.4 Å². The summed E-state index contributed by atoms with van der Waals surface area (Å²) in [7, 11) is 0. The molecule has 1 saturated heterocycles. The van der Waals surface area contributed by atoms with E-state index < -0.39 is 0 Å². The molecular weight excluding hydrogens is 429 g/mol. The van der Waals surface area contributed by atoms with Crippen molar-refractivity contribution in [2.75, 3.05) is 26.2 Å². The zero-order valence-electron chi connectivity index (χ0n) is 19.5. The van der Waals surface area contributed by atoms with Gasteiger partial charge >= 0.3 is 0 Å². The fourth-order valence-corrected chi connectivity index (χ4v) is 5.34. The number of nitrogens with zero attached hydrogens (tertiary/aromatic N) is 3. The first-order chi connectivity index (χ1) is 16.7. The topological polar surface area (TPSA) is 39.5 Å². The lowest BCUT2D eigenvalue weighted by Gasteiger charge is -2.36. The van der Waals surface area contributed by atoms with Gasteiger partial charge in [-0.2, -0.15) is 0 Å². The van der Waals surface area contributed by atoms with E-state index in [-0.39, 0.29) is 11.9 Å². The van der Waals surface area contributed by atoms with E-state index in [9.17, 15) is 4.39 Å². The number of rotatable bonds is 5. The summed E-state index contributed by atoms with van der Waals surface area (Å²) in [5.74, 6) is 2.06. The van der Waals surface area contributed by atoms with Gasteiger partial charge in [-0.25, -0.2) is 4.39 Å². The number of halogens is 1. The Balaban J connectivity index is 1.08. The van der Waals surface area contributed by atoms with Crippen molar-refractivity contribution in [3.05, 3.63) is 66.2 Å². The number of likely N-dealkylation sites (tertiary alicyclic amines) is 1. The van der Waals surface area contributed by atoms with Crippen LogP contribution in [-0.4, -0.2) is 46.8 Å². The van der Waals surface area contributed by atoms with E-state index in [0.717, 1.165) is 84.4 Å². The first-order valence-corrected chi connectivity index (χ1v) is 12.3. The minimum Gasteiger partial charge on any atom is -0.486 e. The van der Waals surface area contributed by atoms with E-state index in [1.165, 1.54) is 6.07 Å². The zero-order valence-corrected chi connectivity index (χ0v) is 19.5. The molecule has 2 aliphatic heterocycles. The van der Waals surface area contributed by atoms with Gasteiger partial charge in [0.1, 0.15) is 18.5 Å². The third-order valence-corrected chi connectivity index (χ3v) is 7.27. The monoisotopic (exact) mass is 459 g/mol. The highest BCUT2D eigenvalue weighted by Gasteiger charge is 2.28. The molecular formula is C28H30FN3O2. The highest BCUT2D eigenvalue weighted by atomic mass is 19.1. The van der Waals surface area contributed by atoms with Gasteiger partial charge in [0.2, 0.25) is 0 Å². The minimum atomic E-state index is -0.173. The summed E-state index contributed by atoms with van der Waals surface area (Å²) in [5, 5.41) is 2.12. The molecule has 0 N–H and O–H groups in total. The summed E-state index contributed by atoms with van der Waals surface area (Å²) in [5.41, 5.74) is 3.03. The van der Waals surface area contributed by atoms with Crippen molar-refractivity contribution in [2.45, 2.75) is 38.8 Å².